The lowest BCUT2D eigenvalue weighted by Crippen LogP contribution is -2.52. The third kappa shape index (κ3) is 4.84. The van der Waals surface area contributed by atoms with Gasteiger partial charge in [-0.1, -0.05) is 12.1 Å². The van der Waals surface area contributed by atoms with Crippen LogP contribution in [0.1, 0.15) is 45.3 Å². The van der Waals surface area contributed by atoms with E-state index in [4.69, 9.17) is 4.74 Å². The molecule has 1 amide bonds. The average molecular weight is 429 g/mol. The number of benzene rings is 1. The zero-order valence-electron chi connectivity index (χ0n) is 19.0. The first-order valence-corrected chi connectivity index (χ1v) is 10.8. The summed E-state index contributed by atoms with van der Waals surface area (Å²) in [6.07, 6.45) is 0.338. The summed E-state index contributed by atoms with van der Waals surface area (Å²) in [5.74, 6) is 1.46. The Kier molecular flexibility index (Phi) is 6.87. The van der Waals surface area contributed by atoms with E-state index in [-0.39, 0.29) is 29.2 Å². The van der Waals surface area contributed by atoms with Crippen molar-refractivity contribution >= 4 is 11.7 Å². The summed E-state index contributed by atoms with van der Waals surface area (Å²) in [5.41, 5.74) is 0.370. The Morgan fingerprint density at radius 1 is 0.935 bits per heavy atom. The first-order chi connectivity index (χ1) is 14.7. The number of hydrogen-bond acceptors (Lipinski definition) is 5. The zero-order valence-corrected chi connectivity index (χ0v) is 19.0. The minimum atomic E-state index is -0.287. The van der Waals surface area contributed by atoms with Gasteiger partial charge in [-0.3, -0.25) is 18.7 Å². The number of piperazine rings is 1. The van der Waals surface area contributed by atoms with Gasteiger partial charge in [0.1, 0.15) is 11.6 Å². The van der Waals surface area contributed by atoms with Gasteiger partial charge < -0.3 is 14.5 Å². The normalized spacial score (nSPS) is 14.4. The number of hydrogen-bond donors (Lipinski definition) is 0. The third-order valence-electron chi connectivity index (χ3n) is 5.65. The number of anilines is 1. The van der Waals surface area contributed by atoms with Crippen molar-refractivity contribution in [2.24, 2.45) is 0 Å². The molecule has 0 unspecified atom stereocenters. The second kappa shape index (κ2) is 9.41. The van der Waals surface area contributed by atoms with E-state index in [2.05, 4.69) is 0 Å². The van der Waals surface area contributed by atoms with E-state index in [9.17, 15) is 14.4 Å². The number of carbonyl (C=O) groups is 1. The third-order valence-corrected chi connectivity index (χ3v) is 5.65. The topological polar surface area (TPSA) is 76.8 Å². The van der Waals surface area contributed by atoms with Gasteiger partial charge in [0.15, 0.2) is 0 Å². The molecule has 8 heteroatoms. The SMILES string of the molecule is COc1ccc(CC(=O)N2CCN(c3cc(=O)n(C(C)C)c(=O)n3C(C)C)CC2)cc1. The molecule has 0 spiro atoms. The maximum absolute atomic E-state index is 13.0. The number of nitrogens with zero attached hydrogens (tertiary/aromatic N) is 4. The number of amides is 1. The Morgan fingerprint density at radius 2 is 1.52 bits per heavy atom. The zero-order chi connectivity index (χ0) is 22.7. The fourth-order valence-corrected chi connectivity index (χ4v) is 3.98. The summed E-state index contributed by atoms with van der Waals surface area (Å²) in [6.45, 7) is 9.80. The highest BCUT2D eigenvalue weighted by atomic mass is 16.5. The molecular formula is C23H32N4O4. The maximum atomic E-state index is 13.0. The highest BCUT2D eigenvalue weighted by Crippen LogP contribution is 2.19. The highest BCUT2D eigenvalue weighted by Gasteiger charge is 2.25. The molecule has 168 valence electrons. The first kappa shape index (κ1) is 22.7. The van der Waals surface area contributed by atoms with Crippen molar-refractivity contribution in [3.05, 3.63) is 56.7 Å². The summed E-state index contributed by atoms with van der Waals surface area (Å²) in [7, 11) is 1.61. The molecule has 31 heavy (non-hydrogen) atoms. The maximum Gasteiger partial charge on any atom is 0.333 e. The molecule has 0 atom stereocenters. The van der Waals surface area contributed by atoms with E-state index in [1.165, 1.54) is 4.57 Å². The van der Waals surface area contributed by atoms with Crippen LogP contribution in [-0.2, 0) is 11.2 Å². The van der Waals surface area contributed by atoms with Crippen LogP contribution in [-0.4, -0.2) is 53.2 Å². The quantitative estimate of drug-likeness (QED) is 0.704. The highest BCUT2D eigenvalue weighted by molar-refractivity contribution is 5.79. The molecule has 1 aromatic carbocycles. The molecule has 0 saturated carbocycles. The fourth-order valence-electron chi connectivity index (χ4n) is 3.98. The lowest BCUT2D eigenvalue weighted by atomic mass is 10.1. The molecule has 1 saturated heterocycles. The molecule has 1 aliphatic heterocycles. The molecule has 8 nitrogen and oxygen atoms in total. The Hall–Kier alpha value is -3.03. The molecule has 2 heterocycles. The first-order valence-electron chi connectivity index (χ1n) is 10.8. The van der Waals surface area contributed by atoms with Crippen molar-refractivity contribution in [1.82, 2.24) is 14.0 Å². The Labute approximate surface area is 182 Å². The molecule has 1 fully saturated rings. The lowest BCUT2D eigenvalue weighted by molar-refractivity contribution is -0.130. The van der Waals surface area contributed by atoms with E-state index < -0.39 is 0 Å². The standard InChI is InChI=1S/C23H32N4O4/c1-16(2)26-20(15-22(29)27(17(3)4)23(26)30)24-10-12-25(13-11-24)21(28)14-18-6-8-19(31-5)9-7-18/h6-9,15-17H,10-14H2,1-5H3. The van der Waals surface area contributed by atoms with E-state index in [0.29, 0.717) is 38.4 Å². The Morgan fingerprint density at radius 3 is 2.03 bits per heavy atom. The number of aromatic nitrogens is 2. The average Bonchev–Trinajstić information content (AvgIpc) is 2.73. The number of ether oxygens (including phenoxy) is 1. The van der Waals surface area contributed by atoms with Crippen molar-refractivity contribution < 1.29 is 9.53 Å². The molecule has 1 aromatic heterocycles. The van der Waals surface area contributed by atoms with E-state index in [1.54, 1.807) is 17.7 Å². The van der Waals surface area contributed by atoms with Crippen LogP contribution in [0.15, 0.2) is 39.9 Å². The van der Waals surface area contributed by atoms with E-state index in [1.807, 2.05) is 61.8 Å². The van der Waals surface area contributed by atoms with Crippen molar-refractivity contribution in [1.29, 1.82) is 0 Å². The van der Waals surface area contributed by atoms with Gasteiger partial charge in [0.25, 0.3) is 5.56 Å². The summed E-state index contributed by atoms with van der Waals surface area (Å²) < 4.78 is 8.13. The van der Waals surface area contributed by atoms with Gasteiger partial charge in [0.2, 0.25) is 5.91 Å². The monoisotopic (exact) mass is 428 g/mol. The minimum absolute atomic E-state index is 0.0706. The summed E-state index contributed by atoms with van der Waals surface area (Å²) in [6, 6.07) is 8.77. The van der Waals surface area contributed by atoms with Crippen molar-refractivity contribution in [3.63, 3.8) is 0 Å². The predicted molar refractivity (Wildman–Crippen MR) is 121 cm³/mol. The molecular weight excluding hydrogens is 396 g/mol. The molecule has 0 N–H and O–H groups in total. The second-order valence-corrected chi connectivity index (χ2v) is 8.44. The fraction of sp³-hybridized carbons (Fsp3) is 0.522. The second-order valence-electron chi connectivity index (χ2n) is 8.44. The van der Waals surface area contributed by atoms with Crippen LogP contribution in [0.4, 0.5) is 5.82 Å². The van der Waals surface area contributed by atoms with Crippen molar-refractivity contribution in [3.8, 4) is 5.75 Å². The van der Waals surface area contributed by atoms with Gasteiger partial charge in [-0.2, -0.15) is 0 Å². The Bertz CT molecular complexity index is 1030. The lowest BCUT2D eigenvalue weighted by Gasteiger charge is -2.37. The molecule has 1 aliphatic rings. The molecule has 2 aromatic rings. The summed E-state index contributed by atoms with van der Waals surface area (Å²) >= 11 is 0. The van der Waals surface area contributed by atoms with E-state index in [0.717, 1.165) is 11.3 Å². The van der Waals surface area contributed by atoms with Gasteiger partial charge in [0.05, 0.1) is 13.5 Å². The van der Waals surface area contributed by atoms with Gasteiger partial charge in [-0.25, -0.2) is 4.79 Å². The number of rotatable bonds is 6. The molecule has 3 rings (SSSR count). The minimum Gasteiger partial charge on any atom is -0.497 e. The summed E-state index contributed by atoms with van der Waals surface area (Å²) in [5, 5.41) is 0. The van der Waals surface area contributed by atoms with Crippen LogP contribution in [0, 0.1) is 0 Å². The van der Waals surface area contributed by atoms with E-state index >= 15 is 0 Å². The van der Waals surface area contributed by atoms with Gasteiger partial charge in [-0.05, 0) is 45.4 Å². The summed E-state index contributed by atoms with van der Waals surface area (Å²) in [4.78, 5) is 42.2. The van der Waals surface area contributed by atoms with Crippen LogP contribution in [0.3, 0.4) is 0 Å². The van der Waals surface area contributed by atoms with Crippen molar-refractivity contribution in [2.45, 2.75) is 46.2 Å². The number of methoxy groups -OCH3 is 1. The van der Waals surface area contributed by atoms with Gasteiger partial charge in [0, 0.05) is 44.3 Å². The molecule has 0 bridgehead atoms. The van der Waals surface area contributed by atoms with Crippen LogP contribution in [0.25, 0.3) is 0 Å². The van der Waals surface area contributed by atoms with Gasteiger partial charge >= 0.3 is 5.69 Å². The van der Waals surface area contributed by atoms with Crippen LogP contribution in [0.2, 0.25) is 0 Å². The van der Waals surface area contributed by atoms with Crippen LogP contribution in [0.5, 0.6) is 5.75 Å². The van der Waals surface area contributed by atoms with Crippen LogP contribution >= 0.6 is 0 Å². The Balaban J connectivity index is 1.73. The van der Waals surface area contributed by atoms with Crippen molar-refractivity contribution in [2.75, 3.05) is 38.2 Å². The predicted octanol–water partition coefficient (Wildman–Crippen LogP) is 2.07. The smallest absolute Gasteiger partial charge is 0.333 e. The molecule has 0 aliphatic carbocycles. The molecule has 0 radical (unpaired) electrons. The number of carbonyl (C=O) groups excluding carboxylic acids is 1. The van der Waals surface area contributed by atoms with Gasteiger partial charge in [-0.15, -0.1) is 0 Å². The van der Waals surface area contributed by atoms with Crippen LogP contribution < -0.4 is 20.9 Å². The largest absolute Gasteiger partial charge is 0.497 e.